The molecule has 1 aliphatic heterocycles. The molecule has 0 N–H and O–H groups in total. The molecule has 0 amide bonds. The molecule has 0 aliphatic carbocycles. The van der Waals surface area contributed by atoms with E-state index in [-0.39, 0.29) is 0 Å². The van der Waals surface area contributed by atoms with E-state index < -0.39 is 0 Å². The summed E-state index contributed by atoms with van der Waals surface area (Å²) in [5.74, 6) is 0.672. The molecule has 1 aliphatic rings. The smallest absolute Gasteiger partial charge is 0.0472 e. The van der Waals surface area contributed by atoms with Crippen molar-refractivity contribution in [1.29, 1.82) is 0 Å². The number of nitrogens with zero attached hydrogens (tertiary/aromatic N) is 2. The van der Waals surface area contributed by atoms with Crippen LogP contribution < -0.4 is 0 Å². The molecule has 0 aromatic heterocycles. The zero-order valence-corrected chi connectivity index (χ0v) is 12.2. The van der Waals surface area contributed by atoms with E-state index in [4.69, 9.17) is 0 Å². The number of benzene rings is 1. The molecule has 2 unspecified atom stereocenters. The number of rotatable bonds is 3. The number of likely N-dealkylation sites (N-methyl/N-ethyl adjacent to an activating group) is 2. The summed E-state index contributed by atoms with van der Waals surface area (Å²) in [5.41, 5.74) is 2.92. The first kappa shape index (κ1) is 13.6. The minimum atomic E-state index is 0.551. The third-order valence-electron chi connectivity index (χ3n) is 4.35. The molecule has 1 saturated heterocycles. The zero-order chi connectivity index (χ0) is 13.1. The van der Waals surface area contributed by atoms with E-state index in [9.17, 15) is 0 Å². The van der Waals surface area contributed by atoms with Crippen LogP contribution in [0.3, 0.4) is 0 Å². The fourth-order valence-corrected chi connectivity index (χ4v) is 2.65. The van der Waals surface area contributed by atoms with Gasteiger partial charge in [-0.3, -0.25) is 4.90 Å². The summed E-state index contributed by atoms with van der Waals surface area (Å²) in [7, 11) is 4.45. The van der Waals surface area contributed by atoms with Crippen LogP contribution in [0, 0.1) is 0 Å². The first-order valence-electron chi connectivity index (χ1n) is 7.10. The van der Waals surface area contributed by atoms with Gasteiger partial charge in [0.05, 0.1) is 0 Å². The molecule has 18 heavy (non-hydrogen) atoms. The quantitative estimate of drug-likeness (QED) is 0.808. The highest BCUT2D eigenvalue weighted by atomic mass is 15.3. The number of piperazine rings is 1. The zero-order valence-electron chi connectivity index (χ0n) is 12.2. The van der Waals surface area contributed by atoms with Gasteiger partial charge in [0.2, 0.25) is 0 Å². The lowest BCUT2D eigenvalue weighted by atomic mass is 9.95. The highest BCUT2D eigenvalue weighted by Gasteiger charge is 2.23. The van der Waals surface area contributed by atoms with Crippen molar-refractivity contribution in [2.24, 2.45) is 0 Å². The van der Waals surface area contributed by atoms with Gasteiger partial charge in [-0.2, -0.15) is 0 Å². The Labute approximate surface area is 112 Å². The Morgan fingerprint density at radius 1 is 1.17 bits per heavy atom. The van der Waals surface area contributed by atoms with Crippen LogP contribution in [0.1, 0.15) is 43.4 Å². The summed E-state index contributed by atoms with van der Waals surface area (Å²) in [5, 5.41) is 0. The third-order valence-corrected chi connectivity index (χ3v) is 4.35. The minimum Gasteiger partial charge on any atom is -0.303 e. The molecular weight excluding hydrogens is 220 g/mol. The highest BCUT2D eigenvalue weighted by Crippen LogP contribution is 2.26. The van der Waals surface area contributed by atoms with Crippen LogP contribution in [0.15, 0.2) is 24.3 Å². The largest absolute Gasteiger partial charge is 0.303 e. The van der Waals surface area contributed by atoms with Crippen LogP contribution in [0.25, 0.3) is 0 Å². The molecule has 100 valence electrons. The van der Waals surface area contributed by atoms with Crippen LogP contribution in [-0.4, -0.2) is 43.5 Å². The predicted octanol–water partition coefficient (Wildman–Crippen LogP) is 3.12. The van der Waals surface area contributed by atoms with Crippen LogP contribution in [0.5, 0.6) is 0 Å². The molecule has 0 bridgehead atoms. The molecule has 2 heteroatoms. The van der Waals surface area contributed by atoms with E-state index in [0.29, 0.717) is 12.0 Å². The van der Waals surface area contributed by atoms with Gasteiger partial charge in [-0.1, -0.05) is 38.1 Å². The predicted molar refractivity (Wildman–Crippen MR) is 78.0 cm³/mol. The first-order valence-corrected chi connectivity index (χ1v) is 7.10. The van der Waals surface area contributed by atoms with Crippen molar-refractivity contribution in [3.8, 4) is 0 Å². The molecule has 2 atom stereocenters. The maximum Gasteiger partial charge on any atom is 0.0472 e. The van der Waals surface area contributed by atoms with Crippen molar-refractivity contribution in [3.05, 3.63) is 35.4 Å². The van der Waals surface area contributed by atoms with Crippen LogP contribution in [0.4, 0.5) is 0 Å². The molecule has 0 saturated carbocycles. The average molecular weight is 246 g/mol. The fourth-order valence-electron chi connectivity index (χ4n) is 2.65. The Kier molecular flexibility index (Phi) is 4.41. The molecule has 1 fully saturated rings. The summed E-state index contributed by atoms with van der Waals surface area (Å²) < 4.78 is 0. The van der Waals surface area contributed by atoms with Crippen molar-refractivity contribution in [1.82, 2.24) is 9.80 Å². The van der Waals surface area contributed by atoms with Gasteiger partial charge in [0.25, 0.3) is 0 Å². The van der Waals surface area contributed by atoms with Crippen LogP contribution >= 0.6 is 0 Å². The maximum absolute atomic E-state index is 2.47. The fraction of sp³-hybridized carbons (Fsp3) is 0.625. The van der Waals surface area contributed by atoms with E-state index in [1.807, 2.05) is 0 Å². The van der Waals surface area contributed by atoms with Crippen molar-refractivity contribution >= 4 is 0 Å². The number of hydrogen-bond acceptors (Lipinski definition) is 2. The van der Waals surface area contributed by atoms with E-state index in [1.165, 1.54) is 24.1 Å². The summed E-state index contributed by atoms with van der Waals surface area (Å²) >= 11 is 0. The average Bonchev–Trinajstić information content (AvgIpc) is 2.41. The molecular formula is C16H26N2. The molecule has 1 aromatic carbocycles. The van der Waals surface area contributed by atoms with Gasteiger partial charge in [0.1, 0.15) is 0 Å². The summed E-state index contributed by atoms with van der Waals surface area (Å²) in [6.07, 6.45) is 1.21. The maximum atomic E-state index is 2.47. The Hall–Kier alpha value is -0.860. The molecule has 2 rings (SSSR count). The lowest BCUT2D eigenvalue weighted by molar-refractivity contribution is 0.115. The van der Waals surface area contributed by atoms with Crippen LogP contribution in [0.2, 0.25) is 0 Å². The Balaban J connectivity index is 2.13. The minimum absolute atomic E-state index is 0.551. The van der Waals surface area contributed by atoms with Crippen molar-refractivity contribution < 1.29 is 0 Å². The standard InChI is InChI=1S/C16H26N2/c1-5-13(2)14-6-8-15(9-7-14)16-12-17(3)10-11-18(16)4/h6-9,13,16H,5,10-12H2,1-4H3. The van der Waals surface area contributed by atoms with Gasteiger partial charge in [-0.15, -0.1) is 0 Å². The normalized spacial score (nSPS) is 24.1. The molecule has 1 heterocycles. The highest BCUT2D eigenvalue weighted by molar-refractivity contribution is 5.27. The Bertz CT molecular complexity index is 371. The summed E-state index contributed by atoms with van der Waals surface area (Å²) in [6, 6.07) is 9.82. The molecule has 0 spiro atoms. The third kappa shape index (κ3) is 2.93. The molecule has 2 nitrogen and oxygen atoms in total. The van der Waals surface area contributed by atoms with Crippen molar-refractivity contribution in [2.75, 3.05) is 33.7 Å². The van der Waals surface area contributed by atoms with E-state index in [1.54, 1.807) is 0 Å². The van der Waals surface area contributed by atoms with Gasteiger partial charge in [-0.05, 0) is 37.6 Å². The summed E-state index contributed by atoms with van der Waals surface area (Å²) in [4.78, 5) is 4.89. The molecule has 1 aromatic rings. The van der Waals surface area contributed by atoms with Gasteiger partial charge in [0, 0.05) is 25.7 Å². The second-order valence-corrected chi connectivity index (χ2v) is 5.73. The second kappa shape index (κ2) is 5.85. The SMILES string of the molecule is CCC(C)c1ccc(C2CN(C)CCN2C)cc1. The second-order valence-electron chi connectivity index (χ2n) is 5.73. The monoisotopic (exact) mass is 246 g/mol. The number of hydrogen-bond donors (Lipinski definition) is 0. The van der Waals surface area contributed by atoms with Gasteiger partial charge in [0.15, 0.2) is 0 Å². The van der Waals surface area contributed by atoms with E-state index in [0.717, 1.165) is 13.1 Å². The Morgan fingerprint density at radius 3 is 2.44 bits per heavy atom. The topological polar surface area (TPSA) is 6.48 Å². The van der Waals surface area contributed by atoms with Crippen molar-refractivity contribution in [3.63, 3.8) is 0 Å². The van der Waals surface area contributed by atoms with Gasteiger partial charge >= 0.3 is 0 Å². The van der Waals surface area contributed by atoms with E-state index in [2.05, 4.69) is 62.0 Å². The lowest BCUT2D eigenvalue weighted by Gasteiger charge is -2.38. The van der Waals surface area contributed by atoms with Gasteiger partial charge in [-0.25, -0.2) is 0 Å². The van der Waals surface area contributed by atoms with Crippen LogP contribution in [-0.2, 0) is 0 Å². The summed E-state index contributed by atoms with van der Waals surface area (Å²) in [6.45, 7) is 8.03. The van der Waals surface area contributed by atoms with E-state index >= 15 is 0 Å². The van der Waals surface area contributed by atoms with Gasteiger partial charge < -0.3 is 4.90 Å². The first-order chi connectivity index (χ1) is 8.61. The van der Waals surface area contributed by atoms with Crippen molar-refractivity contribution in [2.45, 2.75) is 32.2 Å². The molecule has 0 radical (unpaired) electrons. The lowest BCUT2D eigenvalue weighted by Crippen LogP contribution is -2.44. The Morgan fingerprint density at radius 2 is 1.83 bits per heavy atom.